The van der Waals surface area contributed by atoms with Crippen LogP contribution >= 0.6 is 0 Å². The maximum absolute atomic E-state index is 14.5. The summed E-state index contributed by atoms with van der Waals surface area (Å²) in [7, 11) is -3.57. The second kappa shape index (κ2) is 10.4. The second-order valence-electron chi connectivity index (χ2n) is 9.03. The first kappa shape index (κ1) is 27.6. The van der Waals surface area contributed by atoms with Gasteiger partial charge in [-0.3, -0.25) is 4.79 Å². The number of aromatic nitrogens is 2. The highest BCUT2D eigenvalue weighted by Crippen LogP contribution is 2.35. The lowest BCUT2D eigenvalue weighted by atomic mass is 10.1. The maximum atomic E-state index is 14.5. The SMILES string of the molecule is CC.CS(=O)(=O)c1ccc(OCC2CC2)c(C(=O)N2Cc3cn(-c4cccc(C(F)(F)F)c4F)nc3C2)c1. The van der Waals surface area contributed by atoms with Crippen molar-refractivity contribution in [3.8, 4) is 11.4 Å². The van der Waals surface area contributed by atoms with E-state index in [1.807, 2.05) is 13.8 Å². The molecule has 0 bridgehead atoms. The molecule has 2 aromatic carbocycles. The predicted octanol–water partition coefficient (Wildman–Crippen LogP) is 5.40. The van der Waals surface area contributed by atoms with E-state index in [0.717, 1.165) is 29.8 Å². The molecule has 204 valence electrons. The number of hydrogen-bond acceptors (Lipinski definition) is 5. The zero-order chi connectivity index (χ0) is 27.8. The first-order valence-corrected chi connectivity index (χ1v) is 14.0. The minimum atomic E-state index is -4.85. The third kappa shape index (κ3) is 5.69. The summed E-state index contributed by atoms with van der Waals surface area (Å²) >= 11 is 0. The number of alkyl halides is 3. The van der Waals surface area contributed by atoms with Gasteiger partial charge in [0.05, 0.1) is 34.9 Å². The van der Waals surface area contributed by atoms with Gasteiger partial charge in [0.15, 0.2) is 15.7 Å². The summed E-state index contributed by atoms with van der Waals surface area (Å²) in [6.07, 6.45) is -0.345. The zero-order valence-corrected chi connectivity index (χ0v) is 21.9. The molecule has 1 aromatic heterocycles. The summed E-state index contributed by atoms with van der Waals surface area (Å²) in [6, 6.07) is 7.09. The molecule has 2 aliphatic rings. The quantitative estimate of drug-likeness (QED) is 0.382. The van der Waals surface area contributed by atoms with Crippen molar-refractivity contribution >= 4 is 15.7 Å². The van der Waals surface area contributed by atoms with E-state index in [2.05, 4.69) is 5.10 Å². The molecule has 5 rings (SSSR count). The summed E-state index contributed by atoms with van der Waals surface area (Å²) in [5.74, 6) is -1.22. The first-order valence-electron chi connectivity index (χ1n) is 12.1. The van der Waals surface area contributed by atoms with E-state index in [-0.39, 0.29) is 35.0 Å². The highest BCUT2D eigenvalue weighted by molar-refractivity contribution is 7.90. The van der Waals surface area contributed by atoms with Gasteiger partial charge in [-0.25, -0.2) is 17.5 Å². The lowest BCUT2D eigenvalue weighted by Gasteiger charge is -2.19. The van der Waals surface area contributed by atoms with Crippen molar-refractivity contribution < 1.29 is 35.5 Å². The van der Waals surface area contributed by atoms with Gasteiger partial charge in [-0.05, 0) is 49.1 Å². The summed E-state index contributed by atoms with van der Waals surface area (Å²) in [4.78, 5) is 14.8. The molecule has 7 nitrogen and oxygen atoms in total. The summed E-state index contributed by atoms with van der Waals surface area (Å²) < 4.78 is 84.8. The Morgan fingerprint density at radius 1 is 1.13 bits per heavy atom. The number of fused-ring (bicyclic) bond motifs is 1. The molecule has 1 saturated carbocycles. The Kier molecular flexibility index (Phi) is 7.55. The van der Waals surface area contributed by atoms with Crippen LogP contribution < -0.4 is 4.74 Å². The van der Waals surface area contributed by atoms with Gasteiger partial charge in [-0.1, -0.05) is 19.9 Å². The number of carbonyl (C=O) groups is 1. The molecule has 2 heterocycles. The standard InChI is InChI=1S/C24H21F4N3O4S.C2H6/c1-36(33,34)16-7-8-21(35-13-14-5-6-14)17(9-16)23(32)30-10-15-11-31(29-19(15)12-30)20-4-2-3-18(22(20)25)24(26,27)28;1-2/h2-4,7-9,11,14H,5-6,10,12-13H2,1H3;1-2H3. The molecule has 0 unspecified atom stereocenters. The van der Waals surface area contributed by atoms with Crippen LogP contribution in [0.25, 0.3) is 5.69 Å². The van der Waals surface area contributed by atoms with Gasteiger partial charge < -0.3 is 9.64 Å². The van der Waals surface area contributed by atoms with Gasteiger partial charge in [0, 0.05) is 24.6 Å². The number of hydrogen-bond donors (Lipinski definition) is 0. The van der Waals surface area contributed by atoms with E-state index in [0.29, 0.717) is 29.8 Å². The van der Waals surface area contributed by atoms with Crippen LogP contribution in [-0.4, -0.2) is 41.9 Å². The molecule has 1 aliphatic carbocycles. The Morgan fingerprint density at radius 2 is 1.84 bits per heavy atom. The fourth-order valence-electron chi connectivity index (χ4n) is 4.03. The lowest BCUT2D eigenvalue weighted by Crippen LogP contribution is -2.27. The highest BCUT2D eigenvalue weighted by atomic mass is 32.2. The Balaban J connectivity index is 0.00000164. The summed E-state index contributed by atoms with van der Waals surface area (Å²) in [5.41, 5.74) is -0.703. The Bertz CT molecular complexity index is 1440. The number of nitrogens with zero attached hydrogens (tertiary/aromatic N) is 3. The third-order valence-electron chi connectivity index (χ3n) is 6.18. The van der Waals surface area contributed by atoms with E-state index >= 15 is 0 Å². The number of amides is 1. The molecule has 1 amide bonds. The minimum Gasteiger partial charge on any atom is -0.492 e. The van der Waals surface area contributed by atoms with Crippen molar-refractivity contribution in [2.45, 2.75) is 50.9 Å². The normalized spacial score (nSPS) is 15.1. The first-order chi connectivity index (χ1) is 17.9. The van der Waals surface area contributed by atoms with E-state index in [1.165, 1.54) is 35.4 Å². The van der Waals surface area contributed by atoms with Gasteiger partial charge >= 0.3 is 6.18 Å². The van der Waals surface area contributed by atoms with Gasteiger partial charge in [-0.2, -0.15) is 18.3 Å². The average Bonchev–Trinajstić information content (AvgIpc) is 3.48. The fourth-order valence-corrected chi connectivity index (χ4v) is 4.68. The van der Waals surface area contributed by atoms with Gasteiger partial charge in [0.25, 0.3) is 5.91 Å². The molecule has 38 heavy (non-hydrogen) atoms. The second-order valence-corrected chi connectivity index (χ2v) is 11.0. The van der Waals surface area contributed by atoms with Crippen LogP contribution in [0.15, 0.2) is 47.5 Å². The van der Waals surface area contributed by atoms with Crippen LogP contribution in [0.5, 0.6) is 5.75 Å². The van der Waals surface area contributed by atoms with E-state index < -0.39 is 33.3 Å². The lowest BCUT2D eigenvalue weighted by molar-refractivity contribution is -0.140. The molecule has 1 fully saturated rings. The molecule has 0 N–H and O–H groups in total. The highest BCUT2D eigenvalue weighted by Gasteiger charge is 2.36. The maximum Gasteiger partial charge on any atom is 0.419 e. The molecule has 0 atom stereocenters. The largest absolute Gasteiger partial charge is 0.492 e. The molecule has 1 aliphatic heterocycles. The van der Waals surface area contributed by atoms with E-state index in [1.54, 1.807) is 0 Å². The van der Waals surface area contributed by atoms with Crippen LogP contribution in [0.4, 0.5) is 17.6 Å². The number of rotatable bonds is 6. The smallest absolute Gasteiger partial charge is 0.419 e. The van der Waals surface area contributed by atoms with Gasteiger partial charge in [0.2, 0.25) is 0 Å². The van der Waals surface area contributed by atoms with E-state index in [4.69, 9.17) is 4.74 Å². The van der Waals surface area contributed by atoms with Crippen molar-refractivity contribution in [1.29, 1.82) is 0 Å². The Labute approximate surface area is 217 Å². The minimum absolute atomic E-state index is 0.0207. The van der Waals surface area contributed by atoms with Crippen LogP contribution in [0, 0.1) is 11.7 Å². The zero-order valence-electron chi connectivity index (χ0n) is 21.0. The average molecular weight is 554 g/mol. The number of sulfone groups is 1. The number of halogens is 4. The van der Waals surface area contributed by atoms with Crippen molar-refractivity contribution in [3.63, 3.8) is 0 Å². The molecule has 0 spiro atoms. The van der Waals surface area contributed by atoms with Crippen molar-refractivity contribution in [2.24, 2.45) is 5.92 Å². The van der Waals surface area contributed by atoms with Crippen molar-refractivity contribution in [1.82, 2.24) is 14.7 Å². The van der Waals surface area contributed by atoms with Crippen LogP contribution in [0.1, 0.15) is 53.9 Å². The van der Waals surface area contributed by atoms with Gasteiger partial charge in [-0.15, -0.1) is 0 Å². The van der Waals surface area contributed by atoms with Crippen LogP contribution in [0.2, 0.25) is 0 Å². The molecule has 0 saturated heterocycles. The topological polar surface area (TPSA) is 81.5 Å². The van der Waals surface area contributed by atoms with Gasteiger partial charge in [0.1, 0.15) is 11.4 Å². The van der Waals surface area contributed by atoms with Crippen LogP contribution in [0.3, 0.4) is 0 Å². The monoisotopic (exact) mass is 553 g/mol. The molecule has 0 radical (unpaired) electrons. The molecule has 12 heteroatoms. The molecule has 3 aromatic rings. The number of benzene rings is 2. The Hall–Kier alpha value is -3.41. The number of carbonyl (C=O) groups excluding carboxylic acids is 1. The molecular formula is C26H27F4N3O4S. The molecular weight excluding hydrogens is 526 g/mol. The Morgan fingerprint density at radius 3 is 2.45 bits per heavy atom. The van der Waals surface area contributed by atoms with Crippen molar-refractivity contribution in [3.05, 3.63) is 70.8 Å². The summed E-state index contributed by atoms with van der Waals surface area (Å²) in [5, 5.41) is 4.21. The fraction of sp³-hybridized carbons (Fsp3) is 0.385. The third-order valence-corrected chi connectivity index (χ3v) is 7.29. The van der Waals surface area contributed by atoms with E-state index in [9.17, 15) is 30.8 Å². The summed E-state index contributed by atoms with van der Waals surface area (Å²) in [6.45, 7) is 4.51. The predicted molar refractivity (Wildman–Crippen MR) is 131 cm³/mol. The van der Waals surface area contributed by atoms with Crippen LogP contribution in [-0.2, 0) is 29.1 Å². The van der Waals surface area contributed by atoms with Crippen molar-refractivity contribution in [2.75, 3.05) is 12.9 Å². The number of ether oxygens (including phenoxy) is 1.